The van der Waals surface area contributed by atoms with E-state index in [4.69, 9.17) is 11.6 Å². The van der Waals surface area contributed by atoms with Crippen LogP contribution in [0.1, 0.15) is 44.1 Å². The van der Waals surface area contributed by atoms with Gasteiger partial charge in [0, 0.05) is 18.1 Å². The van der Waals surface area contributed by atoms with Crippen LogP contribution in [0.5, 0.6) is 0 Å². The summed E-state index contributed by atoms with van der Waals surface area (Å²) < 4.78 is 0. The molecule has 0 spiro atoms. The van der Waals surface area contributed by atoms with Crippen molar-refractivity contribution in [1.82, 2.24) is 4.90 Å². The number of halogens is 1. The lowest BCUT2D eigenvalue weighted by Crippen LogP contribution is -2.40. The maximum absolute atomic E-state index is 12.4. The van der Waals surface area contributed by atoms with Crippen molar-refractivity contribution in [3.8, 4) is 0 Å². The van der Waals surface area contributed by atoms with Crippen LogP contribution in [0.3, 0.4) is 0 Å². The zero-order valence-corrected chi connectivity index (χ0v) is 13.5. The average Bonchev–Trinajstić information content (AvgIpc) is 2.94. The number of amides is 1. The molecule has 0 saturated heterocycles. The molecule has 1 saturated carbocycles. The van der Waals surface area contributed by atoms with E-state index in [0.717, 1.165) is 42.7 Å². The summed E-state index contributed by atoms with van der Waals surface area (Å²) >= 11 is 6.23. The maximum Gasteiger partial charge on any atom is 0.225 e. The fourth-order valence-corrected chi connectivity index (χ4v) is 3.72. The second-order valence-corrected chi connectivity index (χ2v) is 6.81. The molecule has 1 heterocycles. The summed E-state index contributed by atoms with van der Waals surface area (Å²) in [5.41, 5.74) is 1.50. The van der Waals surface area contributed by atoms with E-state index in [1.807, 2.05) is 29.2 Å². The Balaban J connectivity index is 1.63. The molecule has 0 unspecified atom stereocenters. The van der Waals surface area contributed by atoms with Crippen LogP contribution < -0.4 is 0 Å². The lowest BCUT2D eigenvalue weighted by molar-refractivity contribution is -0.135. The van der Waals surface area contributed by atoms with Crippen LogP contribution in [0.4, 0.5) is 0 Å². The zero-order chi connectivity index (χ0) is 15.6. The highest BCUT2D eigenvalue weighted by molar-refractivity contribution is 6.32. The van der Waals surface area contributed by atoms with Gasteiger partial charge in [-0.2, -0.15) is 0 Å². The van der Waals surface area contributed by atoms with Crippen molar-refractivity contribution in [2.24, 2.45) is 0 Å². The van der Waals surface area contributed by atoms with Crippen molar-refractivity contribution in [2.45, 2.75) is 44.1 Å². The summed E-state index contributed by atoms with van der Waals surface area (Å²) in [7, 11) is 0. The number of nitrogens with zero attached hydrogens (tertiary/aromatic N) is 1. The Labute approximate surface area is 136 Å². The van der Waals surface area contributed by atoms with E-state index in [1.165, 1.54) is 5.57 Å². The summed E-state index contributed by atoms with van der Waals surface area (Å²) in [6.07, 6.45) is 6.73. The van der Waals surface area contributed by atoms with Crippen molar-refractivity contribution in [3.05, 3.63) is 40.9 Å². The number of rotatable bonds is 3. The third-order valence-electron chi connectivity index (χ3n) is 4.80. The predicted molar refractivity (Wildman–Crippen MR) is 88.7 cm³/mol. The molecule has 1 aromatic carbocycles. The van der Waals surface area contributed by atoms with Crippen LogP contribution in [0.15, 0.2) is 30.3 Å². The standard InChI is InChI=1S/C18H22ClNO2/c19-16-6-2-1-5-15(16)14-7-11-20(12-8-14)17(21)13-18(22)9-3-4-10-18/h1-2,5-7,22H,3-4,8-13H2. The Morgan fingerprint density at radius 2 is 2.00 bits per heavy atom. The topological polar surface area (TPSA) is 40.5 Å². The smallest absolute Gasteiger partial charge is 0.225 e. The minimum absolute atomic E-state index is 0.0684. The number of carbonyl (C=O) groups excluding carboxylic acids is 1. The SMILES string of the molecule is O=C(CC1(O)CCCC1)N1CC=C(c2ccccc2Cl)CC1. The van der Waals surface area contributed by atoms with E-state index in [-0.39, 0.29) is 12.3 Å². The molecule has 118 valence electrons. The van der Waals surface area contributed by atoms with Crippen LogP contribution in [0.2, 0.25) is 5.02 Å². The van der Waals surface area contributed by atoms with Gasteiger partial charge in [0.15, 0.2) is 0 Å². The van der Waals surface area contributed by atoms with E-state index in [0.29, 0.717) is 13.1 Å². The number of carbonyl (C=O) groups is 1. The number of hydrogen-bond donors (Lipinski definition) is 1. The van der Waals surface area contributed by atoms with Crippen LogP contribution in [0.25, 0.3) is 5.57 Å². The van der Waals surface area contributed by atoms with Gasteiger partial charge in [-0.15, -0.1) is 0 Å². The van der Waals surface area contributed by atoms with Crippen molar-refractivity contribution >= 4 is 23.1 Å². The quantitative estimate of drug-likeness (QED) is 0.923. The summed E-state index contributed by atoms with van der Waals surface area (Å²) in [6, 6.07) is 7.82. The molecule has 0 atom stereocenters. The number of hydrogen-bond acceptors (Lipinski definition) is 2. The normalized spacial score (nSPS) is 20.8. The molecule has 1 fully saturated rings. The molecule has 0 radical (unpaired) electrons. The number of benzene rings is 1. The summed E-state index contributed by atoms with van der Waals surface area (Å²) in [6.45, 7) is 1.31. The van der Waals surface area contributed by atoms with E-state index < -0.39 is 5.60 Å². The second-order valence-electron chi connectivity index (χ2n) is 6.41. The summed E-state index contributed by atoms with van der Waals surface area (Å²) in [5.74, 6) is 0.0684. The van der Waals surface area contributed by atoms with Crippen LogP contribution >= 0.6 is 11.6 Å². The molecular weight excluding hydrogens is 298 g/mol. The van der Waals surface area contributed by atoms with Gasteiger partial charge in [-0.05, 0) is 36.5 Å². The van der Waals surface area contributed by atoms with E-state index in [2.05, 4.69) is 6.08 Å². The first-order chi connectivity index (χ1) is 10.6. The first-order valence-corrected chi connectivity index (χ1v) is 8.39. The molecular formula is C18H22ClNO2. The van der Waals surface area contributed by atoms with Gasteiger partial charge in [-0.3, -0.25) is 4.79 Å². The van der Waals surface area contributed by atoms with E-state index >= 15 is 0 Å². The fourth-order valence-electron chi connectivity index (χ4n) is 3.47. The fraction of sp³-hybridized carbons (Fsp3) is 0.500. The van der Waals surface area contributed by atoms with Gasteiger partial charge in [0.05, 0.1) is 12.0 Å². The highest BCUT2D eigenvalue weighted by atomic mass is 35.5. The molecule has 1 aliphatic heterocycles. The van der Waals surface area contributed by atoms with E-state index in [1.54, 1.807) is 0 Å². The van der Waals surface area contributed by atoms with Gasteiger partial charge in [-0.1, -0.05) is 48.7 Å². The largest absolute Gasteiger partial charge is 0.389 e. The molecule has 1 aliphatic carbocycles. The van der Waals surface area contributed by atoms with Crippen molar-refractivity contribution in [1.29, 1.82) is 0 Å². The predicted octanol–water partition coefficient (Wildman–Crippen LogP) is 3.65. The van der Waals surface area contributed by atoms with Gasteiger partial charge in [-0.25, -0.2) is 0 Å². The molecule has 1 N–H and O–H groups in total. The third kappa shape index (κ3) is 3.36. The molecule has 3 nitrogen and oxygen atoms in total. The Morgan fingerprint density at radius 3 is 2.64 bits per heavy atom. The van der Waals surface area contributed by atoms with Crippen molar-refractivity contribution in [3.63, 3.8) is 0 Å². The summed E-state index contributed by atoms with van der Waals surface area (Å²) in [5, 5.41) is 11.1. The van der Waals surface area contributed by atoms with Crippen molar-refractivity contribution in [2.75, 3.05) is 13.1 Å². The molecule has 22 heavy (non-hydrogen) atoms. The molecule has 0 aromatic heterocycles. The summed E-state index contributed by atoms with van der Waals surface area (Å²) in [4.78, 5) is 14.2. The van der Waals surface area contributed by atoms with Crippen LogP contribution in [-0.4, -0.2) is 34.6 Å². The van der Waals surface area contributed by atoms with E-state index in [9.17, 15) is 9.90 Å². The first kappa shape index (κ1) is 15.6. The lowest BCUT2D eigenvalue weighted by atomic mass is 9.95. The van der Waals surface area contributed by atoms with Gasteiger partial charge in [0.25, 0.3) is 0 Å². The molecule has 1 aromatic rings. The average molecular weight is 320 g/mol. The molecule has 2 aliphatic rings. The Morgan fingerprint density at radius 1 is 1.27 bits per heavy atom. The molecule has 3 rings (SSSR count). The maximum atomic E-state index is 12.4. The zero-order valence-electron chi connectivity index (χ0n) is 12.7. The van der Waals surface area contributed by atoms with Crippen LogP contribution in [-0.2, 0) is 4.79 Å². The van der Waals surface area contributed by atoms with Crippen LogP contribution in [0, 0.1) is 0 Å². The minimum atomic E-state index is -0.760. The minimum Gasteiger partial charge on any atom is -0.389 e. The second kappa shape index (κ2) is 6.43. The molecule has 4 heteroatoms. The van der Waals surface area contributed by atoms with Gasteiger partial charge < -0.3 is 10.0 Å². The highest BCUT2D eigenvalue weighted by Gasteiger charge is 2.35. The molecule has 0 bridgehead atoms. The highest BCUT2D eigenvalue weighted by Crippen LogP contribution is 2.34. The molecule has 1 amide bonds. The lowest BCUT2D eigenvalue weighted by Gasteiger charge is -2.30. The Kier molecular flexibility index (Phi) is 4.55. The van der Waals surface area contributed by atoms with Crippen molar-refractivity contribution < 1.29 is 9.90 Å². The third-order valence-corrected chi connectivity index (χ3v) is 5.13. The monoisotopic (exact) mass is 319 g/mol. The number of aliphatic hydroxyl groups is 1. The van der Waals surface area contributed by atoms with Gasteiger partial charge in [0.1, 0.15) is 0 Å². The Bertz CT molecular complexity index is 591. The first-order valence-electron chi connectivity index (χ1n) is 8.01. The van der Waals surface area contributed by atoms with Gasteiger partial charge in [0.2, 0.25) is 5.91 Å². The Hall–Kier alpha value is -1.32. The van der Waals surface area contributed by atoms with Gasteiger partial charge >= 0.3 is 0 Å².